The minimum absolute atomic E-state index is 0.153. The summed E-state index contributed by atoms with van der Waals surface area (Å²) in [5.74, 6) is 0.152. The second-order valence-electron chi connectivity index (χ2n) is 7.04. The van der Waals surface area contributed by atoms with Crippen molar-refractivity contribution in [3.8, 4) is 5.75 Å². The second-order valence-corrected chi connectivity index (χ2v) is 7.44. The molecule has 2 rings (SSSR count). The third-order valence-electron chi connectivity index (χ3n) is 4.68. The van der Waals surface area contributed by atoms with Gasteiger partial charge in [-0.1, -0.05) is 60.8 Å². The van der Waals surface area contributed by atoms with Crippen LogP contribution < -0.4 is 10.1 Å². The van der Waals surface area contributed by atoms with E-state index in [1.54, 1.807) is 13.0 Å². The number of benzene rings is 2. The Morgan fingerprint density at radius 3 is 2.48 bits per heavy atom. The smallest absolute Gasteiger partial charge is 0.261 e. The zero-order chi connectivity index (χ0) is 21.2. The van der Waals surface area contributed by atoms with Gasteiger partial charge in [0.2, 0.25) is 5.91 Å². The quantitative estimate of drug-likeness (QED) is 0.585. The summed E-state index contributed by atoms with van der Waals surface area (Å²) in [7, 11) is 0. The molecule has 0 bridgehead atoms. The van der Waals surface area contributed by atoms with E-state index in [0.29, 0.717) is 17.3 Å². The highest BCUT2D eigenvalue weighted by molar-refractivity contribution is 6.31. The van der Waals surface area contributed by atoms with Crippen LogP contribution in [0, 0.1) is 6.92 Å². The number of aryl methyl sites for hydroxylation is 1. The predicted molar refractivity (Wildman–Crippen MR) is 116 cm³/mol. The summed E-state index contributed by atoms with van der Waals surface area (Å²) in [5.41, 5.74) is 1.90. The number of nitrogens with zero attached hydrogens (tertiary/aromatic N) is 1. The predicted octanol–water partition coefficient (Wildman–Crippen LogP) is 4.36. The summed E-state index contributed by atoms with van der Waals surface area (Å²) in [6, 6.07) is 14.2. The van der Waals surface area contributed by atoms with E-state index >= 15 is 0 Å². The summed E-state index contributed by atoms with van der Waals surface area (Å²) >= 11 is 6.28. The zero-order valence-corrected chi connectivity index (χ0v) is 18.0. The number of carbonyl (C=O) groups is 2. The maximum absolute atomic E-state index is 13.0. The molecule has 156 valence electrons. The molecule has 2 aromatic carbocycles. The third kappa shape index (κ3) is 7.09. The van der Waals surface area contributed by atoms with Gasteiger partial charge in [-0.15, -0.1) is 0 Å². The average molecular weight is 417 g/mol. The Balaban J connectivity index is 2.11. The molecule has 0 saturated heterocycles. The van der Waals surface area contributed by atoms with Gasteiger partial charge >= 0.3 is 0 Å². The fourth-order valence-corrected chi connectivity index (χ4v) is 2.99. The lowest BCUT2D eigenvalue weighted by Crippen LogP contribution is -2.49. The van der Waals surface area contributed by atoms with Gasteiger partial charge in [0.1, 0.15) is 11.8 Å². The molecule has 2 amide bonds. The molecule has 0 aliphatic heterocycles. The summed E-state index contributed by atoms with van der Waals surface area (Å²) in [6.07, 6.45) is 1.88. The van der Waals surface area contributed by atoms with Gasteiger partial charge in [-0.25, -0.2) is 0 Å². The second kappa shape index (κ2) is 11.5. The Labute approximate surface area is 178 Å². The fourth-order valence-electron chi connectivity index (χ4n) is 2.79. The van der Waals surface area contributed by atoms with Crippen LogP contribution in [0.3, 0.4) is 0 Å². The molecule has 0 heterocycles. The maximum atomic E-state index is 13.0. The van der Waals surface area contributed by atoms with Crippen molar-refractivity contribution < 1.29 is 14.3 Å². The number of ether oxygens (including phenoxy) is 1. The Morgan fingerprint density at radius 2 is 1.83 bits per heavy atom. The number of unbranched alkanes of at least 4 members (excludes halogenated alkanes) is 1. The number of rotatable bonds is 10. The Kier molecular flexibility index (Phi) is 9.00. The monoisotopic (exact) mass is 416 g/mol. The van der Waals surface area contributed by atoms with E-state index in [9.17, 15) is 9.59 Å². The summed E-state index contributed by atoms with van der Waals surface area (Å²) in [4.78, 5) is 27.0. The van der Waals surface area contributed by atoms with E-state index in [-0.39, 0.29) is 25.0 Å². The van der Waals surface area contributed by atoms with E-state index in [1.165, 1.54) is 4.90 Å². The molecule has 1 N–H and O–H groups in total. The topological polar surface area (TPSA) is 58.6 Å². The number of carbonyl (C=O) groups excluding carboxylic acids is 2. The minimum Gasteiger partial charge on any atom is -0.484 e. The summed E-state index contributed by atoms with van der Waals surface area (Å²) in [5, 5.41) is 3.45. The first-order valence-electron chi connectivity index (χ1n) is 9.92. The molecule has 0 aromatic heterocycles. The van der Waals surface area contributed by atoms with Crippen LogP contribution in [0.15, 0.2) is 48.5 Å². The summed E-state index contributed by atoms with van der Waals surface area (Å²) < 4.78 is 5.64. The van der Waals surface area contributed by atoms with Crippen LogP contribution in [0.2, 0.25) is 5.02 Å². The molecule has 0 saturated carbocycles. The van der Waals surface area contributed by atoms with Crippen molar-refractivity contribution >= 4 is 23.4 Å². The Hall–Kier alpha value is -2.53. The van der Waals surface area contributed by atoms with Crippen molar-refractivity contribution in [1.29, 1.82) is 0 Å². The first-order chi connectivity index (χ1) is 13.9. The van der Waals surface area contributed by atoms with E-state index in [4.69, 9.17) is 16.3 Å². The number of nitrogens with one attached hydrogen (secondary N) is 1. The van der Waals surface area contributed by atoms with Crippen LogP contribution in [-0.4, -0.2) is 35.9 Å². The van der Waals surface area contributed by atoms with Crippen LogP contribution in [0.25, 0.3) is 0 Å². The molecule has 2 aromatic rings. The van der Waals surface area contributed by atoms with Crippen molar-refractivity contribution in [3.63, 3.8) is 0 Å². The first-order valence-corrected chi connectivity index (χ1v) is 10.3. The van der Waals surface area contributed by atoms with Gasteiger partial charge in [0.25, 0.3) is 5.91 Å². The van der Waals surface area contributed by atoms with Gasteiger partial charge in [0.05, 0.1) is 0 Å². The van der Waals surface area contributed by atoms with Crippen molar-refractivity contribution in [2.24, 2.45) is 0 Å². The fraction of sp³-hybridized carbons (Fsp3) is 0.391. The molecule has 0 fully saturated rings. The SMILES string of the molecule is CCCCNC(=O)[C@@H](C)N(Cc1ccccc1Cl)C(=O)COc1ccc(C)cc1. The molecule has 0 radical (unpaired) electrons. The van der Waals surface area contributed by atoms with E-state index in [2.05, 4.69) is 12.2 Å². The van der Waals surface area contributed by atoms with Crippen LogP contribution in [0.1, 0.15) is 37.8 Å². The lowest BCUT2D eigenvalue weighted by Gasteiger charge is -2.29. The molecule has 0 spiro atoms. The van der Waals surface area contributed by atoms with Gasteiger partial charge in [-0.2, -0.15) is 0 Å². The molecule has 0 aliphatic rings. The van der Waals surface area contributed by atoms with Gasteiger partial charge < -0.3 is 15.0 Å². The highest BCUT2D eigenvalue weighted by Crippen LogP contribution is 2.19. The number of amides is 2. The number of hydrogen-bond acceptors (Lipinski definition) is 3. The van der Waals surface area contributed by atoms with Crippen molar-refractivity contribution in [2.45, 2.75) is 46.2 Å². The molecule has 0 aliphatic carbocycles. The van der Waals surface area contributed by atoms with Gasteiger partial charge in [0.15, 0.2) is 6.61 Å². The van der Waals surface area contributed by atoms with Crippen LogP contribution in [0.5, 0.6) is 5.75 Å². The minimum atomic E-state index is -0.641. The highest BCUT2D eigenvalue weighted by atomic mass is 35.5. The lowest BCUT2D eigenvalue weighted by molar-refractivity contribution is -0.142. The Morgan fingerprint density at radius 1 is 1.14 bits per heavy atom. The molecule has 5 nitrogen and oxygen atoms in total. The Bertz CT molecular complexity index is 808. The largest absolute Gasteiger partial charge is 0.484 e. The average Bonchev–Trinajstić information content (AvgIpc) is 2.72. The van der Waals surface area contributed by atoms with E-state index in [1.807, 2.05) is 49.4 Å². The van der Waals surface area contributed by atoms with Gasteiger partial charge in [-0.05, 0) is 44.0 Å². The van der Waals surface area contributed by atoms with E-state index < -0.39 is 6.04 Å². The lowest BCUT2D eigenvalue weighted by atomic mass is 10.1. The van der Waals surface area contributed by atoms with E-state index in [0.717, 1.165) is 24.0 Å². The van der Waals surface area contributed by atoms with Gasteiger partial charge in [-0.3, -0.25) is 9.59 Å². The molecular formula is C23H29ClN2O3. The molecule has 6 heteroatoms. The normalized spacial score (nSPS) is 11.6. The molecule has 29 heavy (non-hydrogen) atoms. The first kappa shape index (κ1) is 22.8. The highest BCUT2D eigenvalue weighted by Gasteiger charge is 2.26. The van der Waals surface area contributed by atoms with Crippen LogP contribution >= 0.6 is 11.6 Å². The maximum Gasteiger partial charge on any atom is 0.261 e. The van der Waals surface area contributed by atoms with Gasteiger partial charge in [0, 0.05) is 18.1 Å². The number of halogens is 1. The van der Waals surface area contributed by atoms with Crippen molar-refractivity contribution in [1.82, 2.24) is 10.2 Å². The number of hydrogen-bond donors (Lipinski definition) is 1. The third-order valence-corrected chi connectivity index (χ3v) is 5.05. The zero-order valence-electron chi connectivity index (χ0n) is 17.3. The summed E-state index contributed by atoms with van der Waals surface area (Å²) in [6.45, 7) is 6.44. The van der Waals surface area contributed by atoms with Crippen molar-refractivity contribution in [2.75, 3.05) is 13.2 Å². The van der Waals surface area contributed by atoms with Crippen LogP contribution in [-0.2, 0) is 16.1 Å². The molecule has 0 unspecified atom stereocenters. The van der Waals surface area contributed by atoms with Crippen LogP contribution in [0.4, 0.5) is 0 Å². The molecular weight excluding hydrogens is 388 g/mol. The van der Waals surface area contributed by atoms with Crippen molar-refractivity contribution in [3.05, 3.63) is 64.7 Å². The molecule has 1 atom stereocenters. The standard InChI is InChI=1S/C23H29ClN2O3/c1-4-5-14-25-23(28)18(3)26(15-19-8-6-7-9-21(19)24)22(27)16-29-20-12-10-17(2)11-13-20/h6-13,18H,4-5,14-16H2,1-3H3,(H,25,28)/t18-/m1/s1.